The summed E-state index contributed by atoms with van der Waals surface area (Å²) in [5, 5.41) is 0. The van der Waals surface area contributed by atoms with Crippen LogP contribution in [0.5, 0.6) is 0 Å². The van der Waals surface area contributed by atoms with Crippen molar-refractivity contribution in [1.29, 1.82) is 0 Å². The molecule has 0 bridgehead atoms. The number of rotatable bonds is 5. The van der Waals surface area contributed by atoms with Gasteiger partial charge in [0.25, 0.3) is 0 Å². The molecule has 0 aliphatic heterocycles. The molecule has 80 valence electrons. The second-order valence-corrected chi connectivity index (χ2v) is 4.34. The van der Waals surface area contributed by atoms with Gasteiger partial charge in [0, 0.05) is 0 Å². The van der Waals surface area contributed by atoms with Crippen molar-refractivity contribution in [2.75, 3.05) is 0 Å². The highest BCUT2D eigenvalue weighted by Crippen LogP contribution is 2.21. The van der Waals surface area contributed by atoms with Crippen molar-refractivity contribution < 1.29 is 0 Å². The van der Waals surface area contributed by atoms with Gasteiger partial charge in [-0.05, 0) is 32.1 Å². The van der Waals surface area contributed by atoms with Gasteiger partial charge in [-0.3, -0.25) is 0 Å². The first kappa shape index (κ1) is 13.2. The van der Waals surface area contributed by atoms with E-state index < -0.39 is 0 Å². The highest BCUT2D eigenvalue weighted by Gasteiger charge is 2.09. The number of hydrogen-bond acceptors (Lipinski definition) is 0. The molecule has 14 heavy (non-hydrogen) atoms. The lowest BCUT2D eigenvalue weighted by Crippen LogP contribution is -2.05. The van der Waals surface area contributed by atoms with Crippen LogP contribution in [0.25, 0.3) is 0 Å². The van der Waals surface area contributed by atoms with E-state index in [0.29, 0.717) is 11.8 Å². The van der Waals surface area contributed by atoms with Crippen molar-refractivity contribution in [3.05, 3.63) is 36.0 Å². The summed E-state index contributed by atoms with van der Waals surface area (Å²) in [6, 6.07) is 0. The van der Waals surface area contributed by atoms with E-state index in [1.54, 1.807) is 0 Å². The standard InChI is InChI=1S/C14H24/c1-7-8-12(4)9-10-13(5)14(6)11(2)3/h7-9,11,14H,5,10H2,1-4,6H3/b8-7-,12-9-. The van der Waals surface area contributed by atoms with Crippen molar-refractivity contribution in [2.45, 2.75) is 41.0 Å². The summed E-state index contributed by atoms with van der Waals surface area (Å²) in [5.41, 5.74) is 2.66. The van der Waals surface area contributed by atoms with E-state index in [4.69, 9.17) is 0 Å². The summed E-state index contributed by atoms with van der Waals surface area (Å²) in [5.74, 6) is 1.31. The van der Waals surface area contributed by atoms with Crippen LogP contribution in [0.2, 0.25) is 0 Å². The molecule has 0 nitrogen and oxygen atoms in total. The molecule has 0 aromatic heterocycles. The van der Waals surface area contributed by atoms with Gasteiger partial charge in [-0.2, -0.15) is 0 Å². The Kier molecular flexibility index (Phi) is 6.27. The molecule has 0 heteroatoms. The fraction of sp³-hybridized carbons (Fsp3) is 0.571. The predicted octanol–water partition coefficient (Wildman–Crippen LogP) is 4.75. The average molecular weight is 192 g/mol. The maximum atomic E-state index is 4.14. The third-order valence-electron chi connectivity index (χ3n) is 2.76. The summed E-state index contributed by atoms with van der Waals surface area (Å²) >= 11 is 0. The van der Waals surface area contributed by atoms with Gasteiger partial charge in [0.05, 0.1) is 0 Å². The lowest BCUT2D eigenvalue weighted by molar-refractivity contribution is 0.475. The van der Waals surface area contributed by atoms with Gasteiger partial charge < -0.3 is 0 Å². The molecule has 0 amide bonds. The predicted molar refractivity (Wildman–Crippen MR) is 66.3 cm³/mol. The molecule has 1 unspecified atom stereocenters. The summed E-state index contributed by atoms with van der Waals surface area (Å²) in [7, 11) is 0. The lowest BCUT2D eigenvalue weighted by atomic mass is 9.89. The monoisotopic (exact) mass is 192 g/mol. The molecule has 0 fully saturated rings. The van der Waals surface area contributed by atoms with Crippen LogP contribution in [0.15, 0.2) is 36.0 Å². The highest BCUT2D eigenvalue weighted by atomic mass is 14.1. The normalized spacial score (nSPS) is 15.1. The molecule has 0 N–H and O–H groups in total. The van der Waals surface area contributed by atoms with E-state index in [0.717, 1.165) is 6.42 Å². The fourth-order valence-electron chi connectivity index (χ4n) is 1.28. The van der Waals surface area contributed by atoms with E-state index in [1.807, 2.05) is 6.92 Å². The Morgan fingerprint density at radius 1 is 1.29 bits per heavy atom. The van der Waals surface area contributed by atoms with Gasteiger partial charge in [-0.1, -0.05) is 56.7 Å². The van der Waals surface area contributed by atoms with Crippen molar-refractivity contribution >= 4 is 0 Å². The van der Waals surface area contributed by atoms with Crippen LogP contribution in [0, 0.1) is 11.8 Å². The minimum atomic E-state index is 0.615. The van der Waals surface area contributed by atoms with Gasteiger partial charge >= 0.3 is 0 Å². The van der Waals surface area contributed by atoms with E-state index in [9.17, 15) is 0 Å². The zero-order valence-corrected chi connectivity index (χ0v) is 10.3. The Bertz CT molecular complexity index is 228. The summed E-state index contributed by atoms with van der Waals surface area (Å²) in [6.07, 6.45) is 7.46. The molecule has 0 rings (SSSR count). The van der Waals surface area contributed by atoms with Crippen LogP contribution in [-0.2, 0) is 0 Å². The third kappa shape index (κ3) is 5.06. The van der Waals surface area contributed by atoms with Crippen molar-refractivity contribution in [2.24, 2.45) is 11.8 Å². The van der Waals surface area contributed by atoms with Gasteiger partial charge in [-0.15, -0.1) is 0 Å². The molecule has 0 saturated heterocycles. The Hall–Kier alpha value is -0.780. The van der Waals surface area contributed by atoms with Crippen LogP contribution < -0.4 is 0 Å². The van der Waals surface area contributed by atoms with E-state index >= 15 is 0 Å². The van der Waals surface area contributed by atoms with Crippen LogP contribution in [0.1, 0.15) is 41.0 Å². The maximum Gasteiger partial charge on any atom is -0.0133 e. The quantitative estimate of drug-likeness (QED) is 0.435. The number of allylic oxidation sites excluding steroid dienone is 5. The Balaban J connectivity index is 4.14. The Labute approximate surface area is 89.4 Å². The Morgan fingerprint density at radius 2 is 1.86 bits per heavy atom. The van der Waals surface area contributed by atoms with Gasteiger partial charge in [0.1, 0.15) is 0 Å². The molecule has 0 aliphatic carbocycles. The smallest absolute Gasteiger partial charge is 0.0133 e. The second kappa shape index (κ2) is 6.64. The van der Waals surface area contributed by atoms with Gasteiger partial charge in [0.15, 0.2) is 0 Å². The Morgan fingerprint density at radius 3 is 2.29 bits per heavy atom. The molecule has 0 spiro atoms. The molecular weight excluding hydrogens is 168 g/mol. The SMILES string of the molecule is C=C(C/C=C(C)\C=C/C)C(C)C(C)C. The first-order valence-corrected chi connectivity index (χ1v) is 5.46. The van der Waals surface area contributed by atoms with E-state index in [1.165, 1.54) is 11.1 Å². The molecule has 1 atom stereocenters. The van der Waals surface area contributed by atoms with Crippen molar-refractivity contribution in [1.82, 2.24) is 0 Å². The van der Waals surface area contributed by atoms with Crippen LogP contribution in [-0.4, -0.2) is 0 Å². The van der Waals surface area contributed by atoms with Crippen molar-refractivity contribution in [3.8, 4) is 0 Å². The van der Waals surface area contributed by atoms with Crippen molar-refractivity contribution in [3.63, 3.8) is 0 Å². The third-order valence-corrected chi connectivity index (χ3v) is 2.76. The van der Waals surface area contributed by atoms with Gasteiger partial charge in [-0.25, -0.2) is 0 Å². The second-order valence-electron chi connectivity index (χ2n) is 4.34. The van der Waals surface area contributed by atoms with E-state index in [2.05, 4.69) is 52.5 Å². The topological polar surface area (TPSA) is 0 Å². The molecule has 0 heterocycles. The summed E-state index contributed by atoms with van der Waals surface area (Å²) < 4.78 is 0. The number of hydrogen-bond donors (Lipinski definition) is 0. The fourth-order valence-corrected chi connectivity index (χ4v) is 1.28. The summed E-state index contributed by atoms with van der Waals surface area (Å²) in [4.78, 5) is 0. The maximum absolute atomic E-state index is 4.14. The van der Waals surface area contributed by atoms with Crippen LogP contribution in [0.3, 0.4) is 0 Å². The van der Waals surface area contributed by atoms with Crippen LogP contribution in [0.4, 0.5) is 0 Å². The van der Waals surface area contributed by atoms with Crippen LogP contribution >= 0.6 is 0 Å². The first-order valence-electron chi connectivity index (χ1n) is 5.46. The van der Waals surface area contributed by atoms with E-state index in [-0.39, 0.29) is 0 Å². The molecule has 0 radical (unpaired) electrons. The largest absolute Gasteiger partial charge is 0.0993 e. The zero-order chi connectivity index (χ0) is 11.1. The first-order chi connectivity index (χ1) is 6.49. The molecule has 0 saturated carbocycles. The minimum absolute atomic E-state index is 0.615. The lowest BCUT2D eigenvalue weighted by Gasteiger charge is -2.17. The minimum Gasteiger partial charge on any atom is -0.0993 e. The van der Waals surface area contributed by atoms with Gasteiger partial charge in [0.2, 0.25) is 0 Å². The highest BCUT2D eigenvalue weighted by molar-refractivity contribution is 5.18. The zero-order valence-electron chi connectivity index (χ0n) is 10.3. The summed E-state index contributed by atoms with van der Waals surface area (Å²) in [6.45, 7) is 15.1. The molecule has 0 aromatic rings. The molecular formula is C14H24. The molecule has 0 aromatic carbocycles. The average Bonchev–Trinajstić information content (AvgIpc) is 2.13. The molecule has 0 aliphatic rings.